The summed E-state index contributed by atoms with van der Waals surface area (Å²) < 4.78 is 38.5. The monoisotopic (exact) mass is 485 g/mol. The number of rotatable bonds is 6. The molecule has 0 saturated carbocycles. The molecule has 1 aliphatic rings. The first-order valence-electron chi connectivity index (χ1n) is 11.7. The largest absolute Gasteiger partial charge is 0.416 e. The van der Waals surface area contributed by atoms with Crippen LogP contribution in [0.2, 0.25) is 0 Å². The number of H-pyrrole nitrogens is 1. The molecule has 0 atom stereocenters. The van der Waals surface area contributed by atoms with Gasteiger partial charge in [-0.25, -0.2) is 9.78 Å². The number of aromatic nitrogens is 2. The van der Waals surface area contributed by atoms with Crippen molar-refractivity contribution in [3.05, 3.63) is 77.1 Å². The van der Waals surface area contributed by atoms with Crippen LogP contribution in [-0.2, 0) is 19.3 Å². The predicted molar refractivity (Wildman–Crippen MR) is 129 cm³/mol. The minimum atomic E-state index is -4.36. The highest BCUT2D eigenvalue weighted by molar-refractivity contribution is 5.74. The normalized spacial score (nSPS) is 15.2. The number of aryl methyl sites for hydroxylation is 1. The Balaban J connectivity index is 1.38. The first-order valence-corrected chi connectivity index (χ1v) is 11.7. The molecular formula is C26H30F3N5O. The minimum absolute atomic E-state index is 0.0726. The summed E-state index contributed by atoms with van der Waals surface area (Å²) in [4.78, 5) is 24.7. The second-order valence-corrected chi connectivity index (χ2v) is 8.91. The van der Waals surface area contributed by atoms with Crippen molar-refractivity contribution in [3.8, 4) is 11.4 Å². The van der Waals surface area contributed by atoms with Gasteiger partial charge in [0, 0.05) is 50.5 Å². The topological polar surface area (TPSA) is 64.3 Å². The van der Waals surface area contributed by atoms with Crippen molar-refractivity contribution in [3.63, 3.8) is 0 Å². The highest BCUT2D eigenvalue weighted by Gasteiger charge is 2.30. The van der Waals surface area contributed by atoms with Gasteiger partial charge in [0.1, 0.15) is 5.82 Å². The first-order chi connectivity index (χ1) is 16.7. The van der Waals surface area contributed by atoms with Crippen LogP contribution in [0.5, 0.6) is 0 Å². The Morgan fingerprint density at radius 1 is 1.11 bits per heavy atom. The average Bonchev–Trinajstić information content (AvgIpc) is 3.23. The number of nitrogens with one attached hydrogen (secondary N) is 2. The quantitative estimate of drug-likeness (QED) is 0.504. The predicted octanol–water partition coefficient (Wildman–Crippen LogP) is 5.21. The lowest BCUT2D eigenvalue weighted by Crippen LogP contribution is -2.49. The van der Waals surface area contributed by atoms with Crippen molar-refractivity contribution in [2.45, 2.75) is 45.1 Å². The van der Waals surface area contributed by atoms with Crippen LogP contribution in [0.15, 0.2) is 54.6 Å². The van der Waals surface area contributed by atoms with E-state index < -0.39 is 11.7 Å². The summed E-state index contributed by atoms with van der Waals surface area (Å²) in [6.07, 6.45) is -2.64. The molecule has 1 fully saturated rings. The van der Waals surface area contributed by atoms with Crippen LogP contribution in [0.1, 0.15) is 35.4 Å². The minimum Gasteiger partial charge on any atom is -0.342 e. The molecule has 2 N–H and O–H groups in total. The molecule has 0 aliphatic carbocycles. The van der Waals surface area contributed by atoms with Crippen LogP contribution in [-0.4, -0.2) is 52.0 Å². The van der Waals surface area contributed by atoms with E-state index in [1.807, 2.05) is 42.2 Å². The lowest BCUT2D eigenvalue weighted by molar-refractivity contribution is -0.137. The molecule has 35 heavy (non-hydrogen) atoms. The molecule has 186 valence electrons. The second-order valence-electron chi connectivity index (χ2n) is 8.91. The zero-order valence-corrected chi connectivity index (χ0v) is 19.9. The van der Waals surface area contributed by atoms with Gasteiger partial charge in [-0.15, -0.1) is 0 Å². The number of hydrogen-bond acceptors (Lipinski definition) is 3. The number of halogens is 3. The van der Waals surface area contributed by atoms with Gasteiger partial charge < -0.3 is 15.2 Å². The van der Waals surface area contributed by atoms with Gasteiger partial charge in [-0.1, -0.05) is 42.5 Å². The summed E-state index contributed by atoms with van der Waals surface area (Å²) in [5, 5.41) is 2.77. The lowest BCUT2D eigenvalue weighted by Gasteiger charge is -2.38. The third-order valence-electron chi connectivity index (χ3n) is 6.51. The van der Waals surface area contributed by atoms with E-state index in [-0.39, 0.29) is 12.1 Å². The Morgan fingerprint density at radius 2 is 1.77 bits per heavy atom. The summed E-state index contributed by atoms with van der Waals surface area (Å²) in [7, 11) is 1.66. The van der Waals surface area contributed by atoms with Crippen LogP contribution in [0.3, 0.4) is 0 Å². The fourth-order valence-corrected chi connectivity index (χ4v) is 4.50. The number of carbonyl (C=O) groups excluding carboxylic acids is 1. The molecule has 1 aliphatic heterocycles. The number of carbonyl (C=O) groups is 1. The summed E-state index contributed by atoms with van der Waals surface area (Å²) in [6, 6.07) is 15.1. The molecule has 1 saturated heterocycles. The zero-order chi connectivity index (χ0) is 25.0. The van der Waals surface area contributed by atoms with E-state index in [0.29, 0.717) is 24.5 Å². The number of urea groups is 1. The van der Waals surface area contributed by atoms with Crippen LogP contribution in [0, 0.1) is 6.92 Å². The molecule has 0 radical (unpaired) electrons. The van der Waals surface area contributed by atoms with E-state index in [9.17, 15) is 18.0 Å². The number of aromatic amines is 1. The summed E-state index contributed by atoms with van der Waals surface area (Å²) >= 11 is 0. The van der Waals surface area contributed by atoms with Gasteiger partial charge in [-0.05, 0) is 37.5 Å². The van der Waals surface area contributed by atoms with E-state index >= 15 is 0 Å². The number of benzene rings is 2. The van der Waals surface area contributed by atoms with Crippen molar-refractivity contribution in [2.75, 3.05) is 20.1 Å². The average molecular weight is 486 g/mol. The first kappa shape index (κ1) is 24.8. The van der Waals surface area contributed by atoms with E-state index in [1.165, 1.54) is 12.1 Å². The van der Waals surface area contributed by atoms with Crippen LogP contribution in [0.4, 0.5) is 18.0 Å². The number of imidazole rings is 1. The van der Waals surface area contributed by atoms with Crippen molar-refractivity contribution in [1.82, 2.24) is 25.1 Å². The Bertz CT molecular complexity index is 1120. The molecule has 3 aromatic rings. The van der Waals surface area contributed by atoms with Gasteiger partial charge >= 0.3 is 12.2 Å². The maximum absolute atomic E-state index is 12.8. The Hall–Kier alpha value is -3.33. The van der Waals surface area contributed by atoms with Gasteiger partial charge in [-0.2, -0.15) is 13.2 Å². The van der Waals surface area contributed by atoms with Crippen molar-refractivity contribution in [1.29, 1.82) is 0 Å². The Kier molecular flexibility index (Phi) is 7.45. The summed E-state index contributed by atoms with van der Waals surface area (Å²) in [5.74, 6) is 0.565. The Labute approximate surface area is 203 Å². The molecule has 0 spiro atoms. The number of alkyl halides is 3. The molecule has 1 aromatic heterocycles. The van der Waals surface area contributed by atoms with Crippen molar-refractivity contribution >= 4 is 6.03 Å². The molecule has 2 aromatic carbocycles. The van der Waals surface area contributed by atoms with Gasteiger partial charge in [0.05, 0.1) is 11.3 Å². The molecular weight excluding hydrogens is 455 g/mol. The smallest absolute Gasteiger partial charge is 0.342 e. The van der Waals surface area contributed by atoms with Crippen LogP contribution < -0.4 is 5.32 Å². The zero-order valence-electron chi connectivity index (χ0n) is 19.9. The van der Waals surface area contributed by atoms with Crippen molar-refractivity contribution in [2.24, 2.45) is 0 Å². The Morgan fingerprint density at radius 3 is 2.37 bits per heavy atom. The van der Waals surface area contributed by atoms with Gasteiger partial charge in [0.2, 0.25) is 0 Å². The van der Waals surface area contributed by atoms with Gasteiger partial charge in [0.25, 0.3) is 0 Å². The second kappa shape index (κ2) is 10.5. The molecule has 2 amide bonds. The van der Waals surface area contributed by atoms with Crippen molar-refractivity contribution < 1.29 is 18.0 Å². The number of hydrogen-bond donors (Lipinski definition) is 2. The fraction of sp³-hybridized carbons (Fsp3) is 0.385. The molecule has 4 rings (SSSR count). The summed E-state index contributed by atoms with van der Waals surface area (Å²) in [6.45, 7) is 4.80. The van der Waals surface area contributed by atoms with E-state index in [2.05, 4.69) is 20.2 Å². The molecule has 0 bridgehead atoms. The van der Waals surface area contributed by atoms with E-state index in [4.69, 9.17) is 0 Å². The van der Waals surface area contributed by atoms with Crippen LogP contribution in [0.25, 0.3) is 11.4 Å². The fourth-order valence-electron chi connectivity index (χ4n) is 4.50. The maximum Gasteiger partial charge on any atom is 0.416 e. The molecule has 2 heterocycles. The SMILES string of the molecule is CNC(=O)N(Cc1ccccc1)C1CCN(Cc2nc(-c3ccc(C(F)(F)F)cc3)[nH]c2C)CC1. The van der Waals surface area contributed by atoms with E-state index in [1.54, 1.807) is 7.05 Å². The maximum atomic E-state index is 12.8. The standard InChI is InChI=1S/C26H30F3N5O/c1-18-23(32-24(31-18)20-8-10-21(11-9-20)26(27,28)29)17-33-14-12-22(13-15-33)34(25(35)30-2)16-19-6-4-3-5-7-19/h3-11,22H,12-17H2,1-2H3,(H,30,35)(H,31,32). The summed E-state index contributed by atoms with van der Waals surface area (Å²) in [5.41, 5.74) is 2.82. The third-order valence-corrected chi connectivity index (χ3v) is 6.51. The van der Waals surface area contributed by atoms with E-state index in [0.717, 1.165) is 55.0 Å². The van der Waals surface area contributed by atoms with Gasteiger partial charge in [-0.3, -0.25) is 4.90 Å². The molecule has 9 heteroatoms. The highest BCUT2D eigenvalue weighted by Crippen LogP contribution is 2.31. The number of nitrogens with zero attached hydrogens (tertiary/aromatic N) is 3. The lowest BCUT2D eigenvalue weighted by atomic mass is 10.0. The number of amides is 2. The molecule has 0 unspecified atom stereocenters. The third kappa shape index (κ3) is 6.03. The number of likely N-dealkylation sites (tertiary alicyclic amines) is 1. The molecule has 6 nitrogen and oxygen atoms in total. The number of piperidine rings is 1. The van der Waals surface area contributed by atoms with Gasteiger partial charge in [0.15, 0.2) is 0 Å². The van der Waals surface area contributed by atoms with Crippen LogP contribution >= 0.6 is 0 Å². The highest BCUT2D eigenvalue weighted by atomic mass is 19.4.